The maximum atomic E-state index is 11.7. The van der Waals surface area contributed by atoms with E-state index in [-0.39, 0.29) is 5.91 Å². The van der Waals surface area contributed by atoms with Gasteiger partial charge in [-0.05, 0) is 25.6 Å². The van der Waals surface area contributed by atoms with E-state index in [1.165, 1.54) is 0 Å². The van der Waals surface area contributed by atoms with Crippen LogP contribution in [0, 0.1) is 6.92 Å². The second-order valence-electron chi connectivity index (χ2n) is 3.92. The van der Waals surface area contributed by atoms with Gasteiger partial charge in [0.1, 0.15) is 0 Å². The third kappa shape index (κ3) is 3.63. The number of carbonyl (C=O) groups excluding carboxylic acids is 1. The van der Waals surface area contributed by atoms with E-state index in [0.29, 0.717) is 24.5 Å². The van der Waals surface area contributed by atoms with E-state index in [1.54, 1.807) is 20.3 Å². The highest BCUT2D eigenvalue weighted by molar-refractivity contribution is 5.92. The first-order valence-corrected chi connectivity index (χ1v) is 5.79. The van der Waals surface area contributed by atoms with Crippen LogP contribution in [-0.2, 0) is 4.79 Å². The fraction of sp³-hybridized carbons (Fsp3) is 0.462. The van der Waals surface area contributed by atoms with Gasteiger partial charge in [0.25, 0.3) is 0 Å². The average Bonchev–Trinajstić information content (AvgIpc) is 2.38. The van der Waals surface area contributed by atoms with Crippen molar-refractivity contribution >= 4 is 11.6 Å². The second-order valence-corrected chi connectivity index (χ2v) is 3.92. The van der Waals surface area contributed by atoms with Crippen LogP contribution < -0.4 is 20.1 Å². The molecule has 1 amide bonds. The van der Waals surface area contributed by atoms with Gasteiger partial charge in [-0.15, -0.1) is 0 Å². The fourth-order valence-corrected chi connectivity index (χ4v) is 1.57. The number of ether oxygens (including phenoxy) is 2. The Morgan fingerprint density at radius 1 is 1.22 bits per heavy atom. The Morgan fingerprint density at radius 3 is 2.39 bits per heavy atom. The molecule has 0 aliphatic rings. The predicted octanol–water partition coefficient (Wildman–Crippen LogP) is 1.56. The first-order valence-electron chi connectivity index (χ1n) is 5.79. The lowest BCUT2D eigenvalue weighted by Gasteiger charge is -2.13. The van der Waals surface area contributed by atoms with Crippen LogP contribution in [0.4, 0.5) is 5.69 Å². The van der Waals surface area contributed by atoms with Crippen molar-refractivity contribution in [1.82, 2.24) is 5.32 Å². The molecular weight excluding hydrogens is 232 g/mol. The number of nitrogens with one attached hydrogen (secondary N) is 2. The Kier molecular flexibility index (Phi) is 5.45. The standard InChI is InChI=1S/C13H20N2O3/c1-9-7-11(17-3)12(18-4)8-10(9)15-13(16)5-6-14-2/h7-8,14H,5-6H2,1-4H3,(H,15,16). The lowest BCUT2D eigenvalue weighted by atomic mass is 10.1. The molecular formula is C13H20N2O3. The lowest BCUT2D eigenvalue weighted by Crippen LogP contribution is -2.19. The highest BCUT2D eigenvalue weighted by Gasteiger charge is 2.10. The van der Waals surface area contributed by atoms with Gasteiger partial charge in [0.05, 0.1) is 14.2 Å². The summed E-state index contributed by atoms with van der Waals surface area (Å²) >= 11 is 0. The molecule has 0 aliphatic heterocycles. The molecule has 0 fully saturated rings. The number of hydrogen-bond donors (Lipinski definition) is 2. The predicted molar refractivity (Wildman–Crippen MR) is 71.5 cm³/mol. The summed E-state index contributed by atoms with van der Waals surface area (Å²) in [5.41, 5.74) is 1.68. The minimum atomic E-state index is -0.0281. The molecule has 18 heavy (non-hydrogen) atoms. The van der Waals surface area contributed by atoms with Gasteiger partial charge in [-0.25, -0.2) is 0 Å². The first kappa shape index (κ1) is 14.3. The molecule has 0 unspecified atom stereocenters. The summed E-state index contributed by atoms with van der Waals surface area (Å²) in [4.78, 5) is 11.7. The minimum Gasteiger partial charge on any atom is -0.493 e. The third-order valence-electron chi connectivity index (χ3n) is 2.61. The van der Waals surface area contributed by atoms with E-state index in [9.17, 15) is 4.79 Å². The van der Waals surface area contributed by atoms with Crippen molar-refractivity contribution in [3.05, 3.63) is 17.7 Å². The number of hydrogen-bond acceptors (Lipinski definition) is 4. The van der Waals surface area contributed by atoms with Crippen molar-refractivity contribution in [1.29, 1.82) is 0 Å². The van der Waals surface area contributed by atoms with Gasteiger partial charge >= 0.3 is 0 Å². The largest absolute Gasteiger partial charge is 0.493 e. The van der Waals surface area contributed by atoms with Crippen molar-refractivity contribution < 1.29 is 14.3 Å². The van der Waals surface area contributed by atoms with Crippen molar-refractivity contribution in [3.8, 4) is 11.5 Å². The Balaban J connectivity index is 2.85. The summed E-state index contributed by atoms with van der Waals surface area (Å²) in [6, 6.07) is 3.61. The number of aryl methyl sites for hydroxylation is 1. The van der Waals surface area contributed by atoms with Crippen molar-refractivity contribution in [2.24, 2.45) is 0 Å². The summed E-state index contributed by atoms with van der Waals surface area (Å²) in [5.74, 6) is 1.23. The summed E-state index contributed by atoms with van der Waals surface area (Å²) in [5, 5.41) is 5.79. The van der Waals surface area contributed by atoms with E-state index < -0.39 is 0 Å². The van der Waals surface area contributed by atoms with Gasteiger partial charge in [-0.3, -0.25) is 4.79 Å². The maximum Gasteiger partial charge on any atom is 0.225 e. The molecule has 0 radical (unpaired) electrons. The molecule has 0 saturated heterocycles. The van der Waals surface area contributed by atoms with Gasteiger partial charge < -0.3 is 20.1 Å². The molecule has 0 atom stereocenters. The highest BCUT2D eigenvalue weighted by atomic mass is 16.5. The Bertz CT molecular complexity index is 419. The number of benzene rings is 1. The fourth-order valence-electron chi connectivity index (χ4n) is 1.57. The molecule has 0 spiro atoms. The van der Waals surface area contributed by atoms with Crippen LogP contribution in [0.15, 0.2) is 12.1 Å². The quantitative estimate of drug-likeness (QED) is 0.806. The van der Waals surface area contributed by atoms with Crippen LogP contribution in [-0.4, -0.2) is 33.7 Å². The number of anilines is 1. The first-order chi connectivity index (χ1) is 8.62. The molecule has 1 aromatic carbocycles. The molecule has 0 aromatic heterocycles. The summed E-state index contributed by atoms with van der Waals surface area (Å²) in [6.45, 7) is 2.56. The van der Waals surface area contributed by atoms with E-state index in [4.69, 9.17) is 9.47 Å². The van der Waals surface area contributed by atoms with Gasteiger partial charge in [0.15, 0.2) is 11.5 Å². The summed E-state index contributed by atoms with van der Waals surface area (Å²) < 4.78 is 10.4. The Hall–Kier alpha value is -1.75. The SMILES string of the molecule is CNCCC(=O)Nc1cc(OC)c(OC)cc1C. The molecule has 5 heteroatoms. The molecule has 0 aliphatic carbocycles. The van der Waals surface area contributed by atoms with Crippen LogP contribution >= 0.6 is 0 Å². The zero-order chi connectivity index (χ0) is 13.5. The molecule has 0 heterocycles. The number of rotatable bonds is 6. The average molecular weight is 252 g/mol. The third-order valence-corrected chi connectivity index (χ3v) is 2.61. The maximum absolute atomic E-state index is 11.7. The number of amides is 1. The van der Waals surface area contributed by atoms with Crippen molar-refractivity contribution in [2.45, 2.75) is 13.3 Å². The van der Waals surface area contributed by atoms with Gasteiger partial charge in [0, 0.05) is 24.7 Å². The van der Waals surface area contributed by atoms with Crippen molar-refractivity contribution in [3.63, 3.8) is 0 Å². The van der Waals surface area contributed by atoms with E-state index in [2.05, 4.69) is 10.6 Å². The minimum absolute atomic E-state index is 0.0281. The number of methoxy groups -OCH3 is 2. The van der Waals surface area contributed by atoms with Crippen LogP contribution in [0.1, 0.15) is 12.0 Å². The summed E-state index contributed by atoms with van der Waals surface area (Å²) in [7, 11) is 4.97. The van der Waals surface area contributed by atoms with Crippen LogP contribution in [0.25, 0.3) is 0 Å². The van der Waals surface area contributed by atoms with Gasteiger partial charge in [-0.2, -0.15) is 0 Å². The lowest BCUT2D eigenvalue weighted by molar-refractivity contribution is -0.116. The van der Waals surface area contributed by atoms with E-state index in [0.717, 1.165) is 11.3 Å². The van der Waals surface area contributed by atoms with E-state index in [1.807, 2.05) is 20.0 Å². The molecule has 2 N–H and O–H groups in total. The normalized spacial score (nSPS) is 10.0. The van der Waals surface area contributed by atoms with Gasteiger partial charge in [-0.1, -0.05) is 0 Å². The van der Waals surface area contributed by atoms with Crippen LogP contribution in [0.3, 0.4) is 0 Å². The summed E-state index contributed by atoms with van der Waals surface area (Å²) in [6.07, 6.45) is 0.435. The topological polar surface area (TPSA) is 59.6 Å². The smallest absolute Gasteiger partial charge is 0.225 e. The molecule has 1 aromatic rings. The molecule has 1 rings (SSSR count). The number of carbonyl (C=O) groups is 1. The highest BCUT2D eigenvalue weighted by Crippen LogP contribution is 2.32. The van der Waals surface area contributed by atoms with Crippen LogP contribution in [0.5, 0.6) is 11.5 Å². The molecule has 5 nitrogen and oxygen atoms in total. The zero-order valence-electron chi connectivity index (χ0n) is 11.3. The zero-order valence-corrected chi connectivity index (χ0v) is 11.3. The second kappa shape index (κ2) is 6.86. The van der Waals surface area contributed by atoms with Crippen LogP contribution in [0.2, 0.25) is 0 Å². The van der Waals surface area contributed by atoms with Crippen molar-refractivity contribution in [2.75, 3.05) is 33.1 Å². The van der Waals surface area contributed by atoms with Gasteiger partial charge in [0.2, 0.25) is 5.91 Å². The molecule has 100 valence electrons. The molecule has 0 saturated carbocycles. The Labute approximate surface area is 107 Å². The monoisotopic (exact) mass is 252 g/mol. The Morgan fingerprint density at radius 2 is 1.83 bits per heavy atom. The van der Waals surface area contributed by atoms with E-state index >= 15 is 0 Å². The molecule has 0 bridgehead atoms.